The monoisotopic (exact) mass is 192 g/mol. The second-order valence-electron chi connectivity index (χ2n) is 2.97. The molecule has 0 fully saturated rings. The lowest BCUT2D eigenvalue weighted by Gasteiger charge is -2.15. The number of rotatable bonds is 5. The van der Waals surface area contributed by atoms with E-state index < -0.39 is 0 Å². The van der Waals surface area contributed by atoms with Crippen LogP contribution in [0.25, 0.3) is 6.08 Å². The molecule has 14 heavy (non-hydrogen) atoms. The smallest absolute Gasteiger partial charge is 0.199 e. The fraction of sp³-hybridized carbons (Fsp3) is 0.333. The van der Waals surface area contributed by atoms with Crippen LogP contribution in [0.3, 0.4) is 0 Å². The fourth-order valence-corrected chi connectivity index (χ4v) is 1.16. The summed E-state index contributed by atoms with van der Waals surface area (Å²) in [6.45, 7) is 5.72. The summed E-state index contributed by atoms with van der Waals surface area (Å²) in [5.41, 5.74) is 1.05. The molecule has 76 valence electrons. The summed E-state index contributed by atoms with van der Waals surface area (Å²) in [6.07, 6.45) is 2.45. The molecule has 0 spiro atoms. The maximum atomic E-state index is 5.59. The van der Waals surface area contributed by atoms with Crippen LogP contribution in [-0.4, -0.2) is 13.4 Å². The molecule has 0 aliphatic rings. The molecule has 0 aromatic heterocycles. The molecule has 0 saturated heterocycles. The third-order valence-electron chi connectivity index (χ3n) is 1.96. The molecule has 2 heteroatoms. The van der Waals surface area contributed by atoms with Crippen molar-refractivity contribution in [2.45, 2.75) is 19.6 Å². The molecule has 2 nitrogen and oxygen atoms in total. The van der Waals surface area contributed by atoms with Gasteiger partial charge in [0.1, 0.15) is 5.75 Å². The van der Waals surface area contributed by atoms with Gasteiger partial charge in [0.05, 0.1) is 0 Å². The van der Waals surface area contributed by atoms with E-state index in [0.29, 0.717) is 0 Å². The van der Waals surface area contributed by atoms with Gasteiger partial charge in [0.2, 0.25) is 0 Å². The van der Waals surface area contributed by atoms with Gasteiger partial charge < -0.3 is 9.47 Å². The van der Waals surface area contributed by atoms with E-state index in [4.69, 9.17) is 9.47 Å². The summed E-state index contributed by atoms with van der Waals surface area (Å²) < 4.78 is 10.7. The van der Waals surface area contributed by atoms with E-state index in [2.05, 4.69) is 6.58 Å². The summed E-state index contributed by atoms with van der Waals surface area (Å²) in [6, 6.07) is 7.77. The predicted molar refractivity (Wildman–Crippen MR) is 58.2 cm³/mol. The van der Waals surface area contributed by atoms with Crippen LogP contribution in [0.15, 0.2) is 30.8 Å². The predicted octanol–water partition coefficient (Wildman–Crippen LogP) is 3.09. The number of hydrogen-bond donors (Lipinski definition) is 0. The summed E-state index contributed by atoms with van der Waals surface area (Å²) in [5.74, 6) is 0.816. The molecule has 0 bridgehead atoms. The highest BCUT2D eigenvalue weighted by Crippen LogP contribution is 2.16. The zero-order chi connectivity index (χ0) is 10.4. The van der Waals surface area contributed by atoms with Crippen molar-refractivity contribution in [3.63, 3.8) is 0 Å². The van der Waals surface area contributed by atoms with Crippen LogP contribution in [0.5, 0.6) is 5.75 Å². The Kier molecular flexibility index (Phi) is 4.20. The SMILES string of the molecule is C=Cc1cccc(OC(CC)OC)c1. The lowest BCUT2D eigenvalue weighted by molar-refractivity contribution is -0.0548. The summed E-state index contributed by atoms with van der Waals surface area (Å²) in [7, 11) is 1.64. The van der Waals surface area contributed by atoms with Gasteiger partial charge in [0.15, 0.2) is 6.29 Å². The summed E-state index contributed by atoms with van der Waals surface area (Å²) in [5, 5.41) is 0. The number of benzene rings is 1. The Morgan fingerprint density at radius 3 is 2.86 bits per heavy atom. The van der Waals surface area contributed by atoms with E-state index in [1.807, 2.05) is 31.2 Å². The van der Waals surface area contributed by atoms with Gasteiger partial charge in [-0.05, 0) is 17.7 Å². The lowest BCUT2D eigenvalue weighted by Crippen LogP contribution is -2.17. The average molecular weight is 192 g/mol. The molecule has 0 heterocycles. The highest BCUT2D eigenvalue weighted by atomic mass is 16.7. The third-order valence-corrected chi connectivity index (χ3v) is 1.96. The first-order chi connectivity index (χ1) is 6.80. The van der Waals surface area contributed by atoms with Crippen molar-refractivity contribution in [3.05, 3.63) is 36.4 Å². The first-order valence-corrected chi connectivity index (χ1v) is 4.72. The van der Waals surface area contributed by atoms with Crippen molar-refractivity contribution in [1.82, 2.24) is 0 Å². The molecule has 1 aromatic rings. The van der Waals surface area contributed by atoms with Gasteiger partial charge in [-0.15, -0.1) is 0 Å². The van der Waals surface area contributed by atoms with Gasteiger partial charge in [0.25, 0.3) is 0 Å². The molecular formula is C12H16O2. The van der Waals surface area contributed by atoms with Crippen molar-refractivity contribution < 1.29 is 9.47 Å². The molecule has 1 unspecified atom stereocenters. The van der Waals surface area contributed by atoms with E-state index in [-0.39, 0.29) is 6.29 Å². The zero-order valence-electron chi connectivity index (χ0n) is 8.69. The quantitative estimate of drug-likeness (QED) is 0.667. The van der Waals surface area contributed by atoms with Gasteiger partial charge in [-0.2, -0.15) is 0 Å². The van der Waals surface area contributed by atoms with Crippen molar-refractivity contribution in [2.75, 3.05) is 7.11 Å². The Morgan fingerprint density at radius 1 is 1.50 bits per heavy atom. The molecule has 0 amide bonds. The number of methoxy groups -OCH3 is 1. The largest absolute Gasteiger partial charge is 0.465 e. The molecule has 1 aromatic carbocycles. The van der Waals surface area contributed by atoms with Crippen molar-refractivity contribution in [1.29, 1.82) is 0 Å². The van der Waals surface area contributed by atoms with Gasteiger partial charge in [-0.25, -0.2) is 0 Å². The highest BCUT2D eigenvalue weighted by Gasteiger charge is 2.05. The maximum Gasteiger partial charge on any atom is 0.199 e. The van der Waals surface area contributed by atoms with Gasteiger partial charge in [-0.1, -0.05) is 31.7 Å². The normalized spacial score (nSPS) is 12.1. The molecule has 1 atom stereocenters. The van der Waals surface area contributed by atoms with Crippen LogP contribution >= 0.6 is 0 Å². The molecular weight excluding hydrogens is 176 g/mol. The first-order valence-electron chi connectivity index (χ1n) is 4.72. The maximum absolute atomic E-state index is 5.59. The van der Waals surface area contributed by atoms with E-state index in [0.717, 1.165) is 17.7 Å². The molecule has 1 rings (SSSR count). The van der Waals surface area contributed by atoms with E-state index in [1.54, 1.807) is 13.2 Å². The molecule has 0 saturated carbocycles. The number of ether oxygens (including phenoxy) is 2. The Morgan fingerprint density at radius 2 is 2.29 bits per heavy atom. The van der Waals surface area contributed by atoms with Crippen molar-refractivity contribution >= 4 is 6.08 Å². The molecule has 0 radical (unpaired) electrons. The lowest BCUT2D eigenvalue weighted by atomic mass is 10.2. The zero-order valence-corrected chi connectivity index (χ0v) is 8.69. The second kappa shape index (κ2) is 5.45. The minimum absolute atomic E-state index is 0.171. The fourth-order valence-electron chi connectivity index (χ4n) is 1.16. The summed E-state index contributed by atoms with van der Waals surface area (Å²) >= 11 is 0. The van der Waals surface area contributed by atoms with E-state index in [9.17, 15) is 0 Å². The molecule has 0 aliphatic heterocycles. The Hall–Kier alpha value is -1.28. The van der Waals surface area contributed by atoms with Crippen LogP contribution in [0.2, 0.25) is 0 Å². The number of hydrogen-bond acceptors (Lipinski definition) is 2. The minimum Gasteiger partial charge on any atom is -0.465 e. The van der Waals surface area contributed by atoms with Crippen LogP contribution in [0, 0.1) is 0 Å². The molecule has 0 N–H and O–H groups in total. The van der Waals surface area contributed by atoms with Crippen molar-refractivity contribution in [3.8, 4) is 5.75 Å². The standard InChI is InChI=1S/C12H16O2/c1-4-10-7-6-8-11(9-10)14-12(5-2)13-3/h4,6-9,12H,1,5H2,2-3H3. The topological polar surface area (TPSA) is 18.5 Å². The van der Waals surface area contributed by atoms with Crippen LogP contribution in [0.4, 0.5) is 0 Å². The van der Waals surface area contributed by atoms with Gasteiger partial charge in [0, 0.05) is 13.5 Å². The van der Waals surface area contributed by atoms with Gasteiger partial charge >= 0.3 is 0 Å². The Bertz CT molecular complexity index is 290. The summed E-state index contributed by atoms with van der Waals surface area (Å²) in [4.78, 5) is 0. The van der Waals surface area contributed by atoms with Crippen LogP contribution < -0.4 is 4.74 Å². The first kappa shape index (κ1) is 10.8. The second-order valence-corrected chi connectivity index (χ2v) is 2.97. The highest BCUT2D eigenvalue weighted by molar-refractivity contribution is 5.49. The van der Waals surface area contributed by atoms with Crippen LogP contribution in [-0.2, 0) is 4.74 Å². The van der Waals surface area contributed by atoms with Gasteiger partial charge in [-0.3, -0.25) is 0 Å². The van der Waals surface area contributed by atoms with E-state index in [1.165, 1.54) is 0 Å². The Balaban J connectivity index is 2.70. The minimum atomic E-state index is -0.171. The van der Waals surface area contributed by atoms with Crippen molar-refractivity contribution in [2.24, 2.45) is 0 Å². The van der Waals surface area contributed by atoms with E-state index >= 15 is 0 Å². The van der Waals surface area contributed by atoms with Crippen LogP contribution in [0.1, 0.15) is 18.9 Å². The average Bonchev–Trinajstić information content (AvgIpc) is 2.26. The third kappa shape index (κ3) is 2.89. The molecule has 0 aliphatic carbocycles. The Labute approximate surface area is 85.2 Å².